The summed E-state index contributed by atoms with van der Waals surface area (Å²) in [4.78, 5) is 0. The molecule has 0 fully saturated rings. The summed E-state index contributed by atoms with van der Waals surface area (Å²) < 4.78 is 58.2. The summed E-state index contributed by atoms with van der Waals surface area (Å²) in [6.07, 6.45) is -5.95. The molecule has 5 heteroatoms. The fraction of sp³-hybridized carbons (Fsp3) is 0.800. The molecule has 0 aromatic heterocycles. The molecule has 0 N–H and O–H groups in total. The molecule has 0 nitrogen and oxygen atoms in total. The highest BCUT2D eigenvalue weighted by Crippen LogP contribution is 2.25. The third kappa shape index (κ3) is 2.49. The Morgan fingerprint density at radius 2 is 1.70 bits per heavy atom. The smallest absolute Gasteiger partial charge is 0.241 e. The molecule has 0 spiro atoms. The summed E-state index contributed by atoms with van der Waals surface area (Å²) in [6.45, 7) is -0.546. The number of rotatable bonds is 3. The molecular weight excluding hydrogens is 155 g/mol. The summed E-state index contributed by atoms with van der Waals surface area (Å²) in [5.74, 6) is -3.83. The van der Waals surface area contributed by atoms with Gasteiger partial charge in [-0.2, -0.15) is 0 Å². The average Bonchev–Trinajstić information content (AvgIpc) is 1.83. The fourth-order valence-corrected chi connectivity index (χ4v) is 0.343. The summed E-state index contributed by atoms with van der Waals surface area (Å²) in [6, 6.07) is 0. The Hall–Kier alpha value is -0.350. The lowest BCUT2D eigenvalue weighted by atomic mass is 10.1. The van der Waals surface area contributed by atoms with Crippen LogP contribution in [0.3, 0.4) is 0 Å². The minimum absolute atomic E-state index is 0.188. The van der Waals surface area contributed by atoms with Gasteiger partial charge in [-0.25, -0.2) is 22.0 Å². The molecule has 0 saturated carbocycles. The maximum atomic E-state index is 11.9. The zero-order chi connectivity index (χ0) is 8.36. The van der Waals surface area contributed by atoms with Gasteiger partial charge < -0.3 is 0 Å². The standard InChI is InChI=1S/C5H6F5/c1-5(9,10)4(8)3(7)2-6/h2-4H,1H3. The second kappa shape index (κ2) is 3.16. The van der Waals surface area contributed by atoms with Gasteiger partial charge in [0.05, 0.1) is 0 Å². The van der Waals surface area contributed by atoms with Crippen LogP contribution in [0, 0.1) is 6.67 Å². The molecular formula is C5H6F5. The van der Waals surface area contributed by atoms with Crippen molar-refractivity contribution in [3.05, 3.63) is 6.67 Å². The molecule has 0 saturated heterocycles. The number of alkyl halides is 4. The Kier molecular flexibility index (Phi) is 3.05. The molecule has 0 aliphatic rings. The van der Waals surface area contributed by atoms with Crippen molar-refractivity contribution in [2.45, 2.75) is 25.2 Å². The molecule has 0 rings (SSSR count). The molecule has 0 heterocycles. The number of halogens is 5. The summed E-state index contributed by atoms with van der Waals surface area (Å²) in [7, 11) is 0. The number of hydrogen-bond donors (Lipinski definition) is 0. The van der Waals surface area contributed by atoms with Crippen LogP contribution in [-0.2, 0) is 0 Å². The van der Waals surface area contributed by atoms with Gasteiger partial charge in [0.25, 0.3) is 5.92 Å². The third-order valence-corrected chi connectivity index (χ3v) is 0.884. The van der Waals surface area contributed by atoms with E-state index in [1.807, 2.05) is 0 Å². The monoisotopic (exact) mass is 161 g/mol. The van der Waals surface area contributed by atoms with Crippen molar-refractivity contribution in [1.82, 2.24) is 0 Å². The maximum absolute atomic E-state index is 11.9. The second-order valence-corrected chi connectivity index (χ2v) is 1.93. The Morgan fingerprint density at radius 1 is 1.30 bits per heavy atom. The first-order chi connectivity index (χ1) is 4.39. The molecule has 0 amide bonds. The van der Waals surface area contributed by atoms with E-state index < -0.39 is 24.9 Å². The van der Waals surface area contributed by atoms with E-state index in [0.29, 0.717) is 0 Å². The van der Waals surface area contributed by atoms with Crippen LogP contribution in [0.1, 0.15) is 6.92 Å². The van der Waals surface area contributed by atoms with Crippen molar-refractivity contribution in [1.29, 1.82) is 0 Å². The van der Waals surface area contributed by atoms with Crippen LogP contribution in [0.4, 0.5) is 22.0 Å². The van der Waals surface area contributed by atoms with Crippen LogP contribution in [0.25, 0.3) is 0 Å². The highest BCUT2D eigenvalue weighted by molar-refractivity contribution is 4.83. The van der Waals surface area contributed by atoms with Gasteiger partial charge in [0.2, 0.25) is 0 Å². The van der Waals surface area contributed by atoms with Crippen molar-refractivity contribution in [3.8, 4) is 0 Å². The summed E-state index contributed by atoms with van der Waals surface area (Å²) in [5.41, 5.74) is 0. The van der Waals surface area contributed by atoms with Crippen molar-refractivity contribution < 1.29 is 22.0 Å². The van der Waals surface area contributed by atoms with E-state index in [1.165, 1.54) is 0 Å². The van der Waals surface area contributed by atoms with Gasteiger partial charge in [-0.15, -0.1) is 0 Å². The highest BCUT2D eigenvalue weighted by Gasteiger charge is 2.41. The van der Waals surface area contributed by atoms with Gasteiger partial charge in [-0.3, -0.25) is 0 Å². The van der Waals surface area contributed by atoms with Crippen LogP contribution in [0.2, 0.25) is 0 Å². The Labute approximate surface area is 55.0 Å². The predicted molar refractivity (Wildman–Crippen MR) is 25.8 cm³/mol. The molecule has 10 heavy (non-hydrogen) atoms. The fourth-order valence-electron chi connectivity index (χ4n) is 0.343. The van der Waals surface area contributed by atoms with Crippen LogP contribution in [-0.4, -0.2) is 18.3 Å². The van der Waals surface area contributed by atoms with E-state index in [-0.39, 0.29) is 6.92 Å². The van der Waals surface area contributed by atoms with E-state index in [0.717, 1.165) is 0 Å². The average molecular weight is 161 g/mol. The molecule has 0 bridgehead atoms. The summed E-state index contributed by atoms with van der Waals surface area (Å²) >= 11 is 0. The first-order valence-corrected chi connectivity index (χ1v) is 2.49. The predicted octanol–water partition coefficient (Wildman–Crippen LogP) is 2.45. The Morgan fingerprint density at radius 3 is 1.80 bits per heavy atom. The van der Waals surface area contributed by atoms with E-state index >= 15 is 0 Å². The minimum Gasteiger partial charge on any atom is -0.241 e. The lowest BCUT2D eigenvalue weighted by molar-refractivity contribution is -0.0815. The number of hydrogen-bond acceptors (Lipinski definition) is 0. The minimum atomic E-state index is -3.83. The summed E-state index contributed by atoms with van der Waals surface area (Å²) in [5, 5.41) is 0. The van der Waals surface area contributed by atoms with Crippen molar-refractivity contribution in [2.24, 2.45) is 0 Å². The maximum Gasteiger partial charge on any atom is 0.278 e. The lowest BCUT2D eigenvalue weighted by Crippen LogP contribution is -2.34. The van der Waals surface area contributed by atoms with Crippen molar-refractivity contribution in [3.63, 3.8) is 0 Å². The molecule has 1 radical (unpaired) electrons. The SMILES string of the molecule is CC(F)(F)C(F)C(F)[CH]F. The van der Waals surface area contributed by atoms with Gasteiger partial charge in [0.15, 0.2) is 19.0 Å². The van der Waals surface area contributed by atoms with Gasteiger partial charge in [-0.05, 0) is 0 Å². The Balaban J connectivity index is 3.94. The molecule has 2 unspecified atom stereocenters. The first kappa shape index (κ1) is 9.65. The van der Waals surface area contributed by atoms with Gasteiger partial charge in [0, 0.05) is 6.92 Å². The molecule has 61 valence electrons. The van der Waals surface area contributed by atoms with E-state index in [4.69, 9.17) is 0 Å². The quantitative estimate of drug-likeness (QED) is 0.557. The van der Waals surface area contributed by atoms with Crippen molar-refractivity contribution in [2.75, 3.05) is 0 Å². The van der Waals surface area contributed by atoms with Crippen LogP contribution in [0.15, 0.2) is 0 Å². The van der Waals surface area contributed by atoms with E-state index in [1.54, 1.807) is 0 Å². The largest absolute Gasteiger partial charge is 0.278 e. The molecule has 0 aromatic rings. The van der Waals surface area contributed by atoms with Gasteiger partial charge in [0.1, 0.15) is 0 Å². The van der Waals surface area contributed by atoms with Crippen LogP contribution >= 0.6 is 0 Å². The highest BCUT2D eigenvalue weighted by atomic mass is 19.3. The zero-order valence-corrected chi connectivity index (χ0v) is 5.12. The third-order valence-electron chi connectivity index (χ3n) is 0.884. The van der Waals surface area contributed by atoms with E-state index in [9.17, 15) is 22.0 Å². The lowest BCUT2D eigenvalue weighted by Gasteiger charge is -2.16. The second-order valence-electron chi connectivity index (χ2n) is 1.93. The molecule has 0 aromatic carbocycles. The Bertz CT molecular complexity index is 96.7. The zero-order valence-electron chi connectivity index (χ0n) is 5.12. The normalized spacial score (nSPS) is 18.6. The van der Waals surface area contributed by atoms with Crippen LogP contribution < -0.4 is 0 Å². The topological polar surface area (TPSA) is 0 Å². The first-order valence-electron chi connectivity index (χ1n) is 2.49. The van der Waals surface area contributed by atoms with E-state index in [2.05, 4.69) is 0 Å². The molecule has 0 aliphatic heterocycles. The van der Waals surface area contributed by atoms with Crippen molar-refractivity contribution >= 4 is 0 Å². The van der Waals surface area contributed by atoms with Crippen LogP contribution in [0.5, 0.6) is 0 Å². The van der Waals surface area contributed by atoms with Gasteiger partial charge >= 0.3 is 0 Å². The molecule has 0 aliphatic carbocycles. The van der Waals surface area contributed by atoms with Gasteiger partial charge in [-0.1, -0.05) is 0 Å². The molecule has 2 atom stereocenters.